The van der Waals surface area contributed by atoms with Crippen LogP contribution < -0.4 is 9.64 Å². The van der Waals surface area contributed by atoms with Gasteiger partial charge in [-0.25, -0.2) is 13.4 Å². The lowest BCUT2D eigenvalue weighted by atomic mass is 10.1. The predicted molar refractivity (Wildman–Crippen MR) is 115 cm³/mol. The molecule has 1 unspecified atom stereocenters. The van der Waals surface area contributed by atoms with Crippen molar-refractivity contribution in [2.75, 3.05) is 17.8 Å². The maximum atomic E-state index is 13.3. The molecular weight excluding hydrogens is 408 g/mol. The van der Waals surface area contributed by atoms with E-state index in [1.165, 1.54) is 35.5 Å². The number of carbonyl (C=O) groups excluding carboxylic acids is 1. The van der Waals surface area contributed by atoms with Crippen LogP contribution in [0.3, 0.4) is 0 Å². The second-order valence-electron chi connectivity index (χ2n) is 6.64. The fourth-order valence-corrected chi connectivity index (χ4v) is 5.22. The number of methoxy groups -OCH3 is 1. The second kappa shape index (κ2) is 8.75. The molecule has 1 heterocycles. The Morgan fingerprint density at radius 3 is 2.34 bits per heavy atom. The van der Waals surface area contributed by atoms with E-state index in [9.17, 15) is 13.2 Å². The maximum Gasteiger partial charge on any atom is 0.237 e. The SMILES string of the molecule is COc1ccc(S(=O)(=O)CC(C)C(=O)N(c2ccccc2)c2nc(C)cs2)cc1. The van der Waals surface area contributed by atoms with Gasteiger partial charge in [-0.1, -0.05) is 25.1 Å². The maximum absolute atomic E-state index is 13.3. The van der Waals surface area contributed by atoms with E-state index < -0.39 is 15.8 Å². The van der Waals surface area contributed by atoms with Crippen LogP contribution in [0.2, 0.25) is 0 Å². The van der Waals surface area contributed by atoms with Crippen molar-refractivity contribution in [3.05, 3.63) is 65.7 Å². The summed E-state index contributed by atoms with van der Waals surface area (Å²) >= 11 is 1.35. The molecule has 1 aromatic heterocycles. The summed E-state index contributed by atoms with van der Waals surface area (Å²) in [6.45, 7) is 3.48. The number of para-hydroxylation sites is 1. The summed E-state index contributed by atoms with van der Waals surface area (Å²) in [7, 11) is -2.13. The number of aromatic nitrogens is 1. The first-order chi connectivity index (χ1) is 13.8. The third-order valence-electron chi connectivity index (χ3n) is 4.34. The van der Waals surface area contributed by atoms with Crippen LogP contribution in [0, 0.1) is 12.8 Å². The van der Waals surface area contributed by atoms with Gasteiger partial charge in [0.25, 0.3) is 0 Å². The van der Waals surface area contributed by atoms with Crippen LogP contribution in [0.15, 0.2) is 64.9 Å². The van der Waals surface area contributed by atoms with Gasteiger partial charge in [0, 0.05) is 5.38 Å². The number of hydrogen-bond acceptors (Lipinski definition) is 6. The molecule has 0 saturated heterocycles. The van der Waals surface area contributed by atoms with Crippen LogP contribution in [0.1, 0.15) is 12.6 Å². The number of rotatable bonds is 7. The normalized spacial score (nSPS) is 12.4. The molecule has 1 atom stereocenters. The molecule has 0 saturated carbocycles. The van der Waals surface area contributed by atoms with Gasteiger partial charge in [0.05, 0.1) is 35.1 Å². The Morgan fingerprint density at radius 2 is 1.79 bits per heavy atom. The highest BCUT2D eigenvalue weighted by molar-refractivity contribution is 7.91. The zero-order chi connectivity index (χ0) is 21.0. The number of anilines is 2. The lowest BCUT2D eigenvalue weighted by Gasteiger charge is -2.23. The number of carbonyl (C=O) groups is 1. The van der Waals surface area contributed by atoms with Crippen LogP contribution >= 0.6 is 11.3 Å². The van der Waals surface area contributed by atoms with Crippen molar-refractivity contribution in [1.82, 2.24) is 4.98 Å². The fourth-order valence-electron chi connectivity index (χ4n) is 2.85. The Labute approximate surface area is 174 Å². The molecule has 8 heteroatoms. The number of sulfone groups is 1. The number of aryl methyl sites for hydroxylation is 1. The molecule has 0 N–H and O–H groups in total. The standard InChI is InChI=1S/C21H22N2O4S2/c1-15(14-29(25,26)19-11-9-18(27-3)10-12-19)20(24)23(17-7-5-4-6-8-17)21-22-16(2)13-28-21/h4-13,15H,14H2,1-3H3. The minimum Gasteiger partial charge on any atom is -0.497 e. The van der Waals surface area contributed by atoms with E-state index in [1.54, 1.807) is 31.2 Å². The quantitative estimate of drug-likeness (QED) is 0.560. The molecule has 0 aliphatic carbocycles. The molecule has 0 radical (unpaired) electrons. The highest BCUT2D eigenvalue weighted by atomic mass is 32.2. The predicted octanol–water partition coefficient (Wildman–Crippen LogP) is 4.23. The van der Waals surface area contributed by atoms with E-state index in [4.69, 9.17) is 4.74 Å². The van der Waals surface area contributed by atoms with E-state index >= 15 is 0 Å². The van der Waals surface area contributed by atoms with Crippen molar-refractivity contribution in [2.45, 2.75) is 18.7 Å². The molecule has 3 aromatic rings. The Kier molecular flexibility index (Phi) is 6.34. The molecule has 3 rings (SSSR count). The minimum absolute atomic E-state index is 0.161. The second-order valence-corrected chi connectivity index (χ2v) is 9.51. The van der Waals surface area contributed by atoms with E-state index in [1.807, 2.05) is 30.5 Å². The molecule has 0 aliphatic rings. The summed E-state index contributed by atoms with van der Waals surface area (Å²) < 4.78 is 30.7. The molecule has 0 spiro atoms. The molecule has 1 amide bonds. The molecule has 6 nitrogen and oxygen atoms in total. The van der Waals surface area contributed by atoms with Crippen LogP contribution in [-0.2, 0) is 14.6 Å². The molecule has 0 aliphatic heterocycles. The average molecular weight is 431 g/mol. The summed E-state index contributed by atoms with van der Waals surface area (Å²) in [4.78, 5) is 19.3. The van der Waals surface area contributed by atoms with Gasteiger partial charge in [-0.2, -0.15) is 0 Å². The average Bonchev–Trinajstić information content (AvgIpc) is 3.14. The Bertz CT molecular complexity index is 1080. The van der Waals surface area contributed by atoms with Gasteiger partial charge in [-0.15, -0.1) is 11.3 Å². The van der Waals surface area contributed by atoms with Crippen LogP contribution in [-0.4, -0.2) is 32.2 Å². The number of hydrogen-bond donors (Lipinski definition) is 0. The summed E-state index contributed by atoms with van der Waals surface area (Å²) in [5.41, 5.74) is 1.46. The first-order valence-electron chi connectivity index (χ1n) is 9.00. The van der Waals surface area contributed by atoms with E-state index in [-0.39, 0.29) is 16.6 Å². The monoisotopic (exact) mass is 430 g/mol. The zero-order valence-corrected chi connectivity index (χ0v) is 18.0. The van der Waals surface area contributed by atoms with Crippen molar-refractivity contribution >= 4 is 37.9 Å². The molecule has 0 bridgehead atoms. The van der Waals surface area contributed by atoms with E-state index in [0.717, 1.165) is 5.69 Å². The van der Waals surface area contributed by atoms with Gasteiger partial charge in [-0.3, -0.25) is 9.69 Å². The topological polar surface area (TPSA) is 76.6 Å². The molecule has 2 aromatic carbocycles. The number of benzene rings is 2. The Balaban J connectivity index is 1.87. The number of amides is 1. The summed E-state index contributed by atoms with van der Waals surface area (Å²) in [6.07, 6.45) is 0. The van der Waals surface area contributed by atoms with E-state index in [0.29, 0.717) is 16.6 Å². The lowest BCUT2D eigenvalue weighted by Crippen LogP contribution is -2.34. The zero-order valence-electron chi connectivity index (χ0n) is 16.4. The highest BCUT2D eigenvalue weighted by Gasteiger charge is 2.30. The number of ether oxygens (including phenoxy) is 1. The van der Waals surface area contributed by atoms with E-state index in [2.05, 4.69) is 4.98 Å². The Morgan fingerprint density at radius 1 is 1.14 bits per heavy atom. The van der Waals surface area contributed by atoms with Gasteiger partial charge in [0.2, 0.25) is 5.91 Å². The van der Waals surface area contributed by atoms with Crippen molar-refractivity contribution < 1.29 is 17.9 Å². The van der Waals surface area contributed by atoms with Crippen molar-refractivity contribution in [1.29, 1.82) is 0 Å². The lowest BCUT2D eigenvalue weighted by molar-refractivity contribution is -0.120. The van der Waals surface area contributed by atoms with Gasteiger partial charge in [0.1, 0.15) is 5.75 Å². The first kappa shape index (κ1) is 21.0. The highest BCUT2D eigenvalue weighted by Crippen LogP contribution is 2.30. The number of nitrogens with zero attached hydrogens (tertiary/aromatic N) is 2. The van der Waals surface area contributed by atoms with Crippen molar-refractivity contribution in [2.24, 2.45) is 5.92 Å². The minimum atomic E-state index is -3.64. The van der Waals surface area contributed by atoms with Crippen molar-refractivity contribution in [3.8, 4) is 5.75 Å². The van der Waals surface area contributed by atoms with Crippen LogP contribution in [0.25, 0.3) is 0 Å². The molecule has 29 heavy (non-hydrogen) atoms. The molecule has 152 valence electrons. The molecule has 0 fully saturated rings. The fraction of sp³-hybridized carbons (Fsp3) is 0.238. The molecular formula is C21H22N2O4S2. The summed E-state index contributed by atoms with van der Waals surface area (Å²) in [5, 5.41) is 2.38. The van der Waals surface area contributed by atoms with Crippen molar-refractivity contribution in [3.63, 3.8) is 0 Å². The van der Waals surface area contributed by atoms with Crippen LogP contribution in [0.5, 0.6) is 5.75 Å². The first-order valence-corrected chi connectivity index (χ1v) is 11.5. The third-order valence-corrected chi connectivity index (χ3v) is 7.22. The third kappa shape index (κ3) is 4.83. The number of thiazole rings is 1. The summed E-state index contributed by atoms with van der Waals surface area (Å²) in [5.74, 6) is -0.803. The smallest absolute Gasteiger partial charge is 0.237 e. The van der Waals surface area contributed by atoms with Gasteiger partial charge in [-0.05, 0) is 43.3 Å². The summed E-state index contributed by atoms with van der Waals surface area (Å²) in [6, 6.07) is 15.3. The van der Waals surface area contributed by atoms with Gasteiger partial charge >= 0.3 is 0 Å². The van der Waals surface area contributed by atoms with Gasteiger partial charge in [0.15, 0.2) is 15.0 Å². The Hall–Kier alpha value is -2.71. The largest absolute Gasteiger partial charge is 0.497 e. The van der Waals surface area contributed by atoms with Crippen LogP contribution in [0.4, 0.5) is 10.8 Å². The van der Waals surface area contributed by atoms with Gasteiger partial charge < -0.3 is 4.74 Å².